The average Bonchev–Trinajstić information content (AvgIpc) is 3.09. The Hall–Kier alpha value is -1.09. The molecule has 2 nitrogen and oxygen atoms in total. The molecule has 0 aliphatic heterocycles. The minimum Gasteiger partial charge on any atom is -0.389 e. The fraction of sp³-hybridized carbons (Fsp3) is 0.462. The van der Waals surface area contributed by atoms with E-state index in [1.807, 2.05) is 24.3 Å². The van der Waals surface area contributed by atoms with Crippen molar-refractivity contribution >= 4 is 22.9 Å². The second-order valence-corrected chi connectivity index (χ2v) is 4.89. The van der Waals surface area contributed by atoms with E-state index in [0.717, 1.165) is 23.7 Å². The van der Waals surface area contributed by atoms with Crippen molar-refractivity contribution in [2.24, 2.45) is 11.7 Å². The van der Waals surface area contributed by atoms with Gasteiger partial charge in [-0.2, -0.15) is 0 Å². The van der Waals surface area contributed by atoms with Crippen LogP contribution in [0.5, 0.6) is 0 Å². The van der Waals surface area contributed by atoms with Gasteiger partial charge >= 0.3 is 0 Å². The lowest BCUT2D eigenvalue weighted by molar-refractivity contribution is 0.687. The van der Waals surface area contributed by atoms with Crippen LogP contribution >= 0.6 is 12.2 Å². The molecule has 0 amide bonds. The van der Waals surface area contributed by atoms with Crippen LogP contribution in [0, 0.1) is 5.92 Å². The zero-order chi connectivity index (χ0) is 11.4. The van der Waals surface area contributed by atoms with Gasteiger partial charge < -0.3 is 11.1 Å². The monoisotopic (exact) mass is 234 g/mol. The van der Waals surface area contributed by atoms with Gasteiger partial charge in [0.2, 0.25) is 0 Å². The van der Waals surface area contributed by atoms with E-state index < -0.39 is 0 Å². The van der Waals surface area contributed by atoms with Crippen LogP contribution in [-0.4, -0.2) is 11.5 Å². The predicted molar refractivity (Wildman–Crippen MR) is 72.8 cm³/mol. The highest BCUT2D eigenvalue weighted by Gasteiger charge is 2.19. The number of hydrogen-bond acceptors (Lipinski definition) is 2. The average molecular weight is 234 g/mol. The van der Waals surface area contributed by atoms with Crippen molar-refractivity contribution in [2.45, 2.75) is 25.7 Å². The van der Waals surface area contributed by atoms with E-state index in [0.29, 0.717) is 4.99 Å². The quantitative estimate of drug-likeness (QED) is 0.587. The van der Waals surface area contributed by atoms with Crippen molar-refractivity contribution < 1.29 is 0 Å². The van der Waals surface area contributed by atoms with Crippen molar-refractivity contribution in [2.75, 3.05) is 11.9 Å². The summed E-state index contributed by atoms with van der Waals surface area (Å²) in [4.78, 5) is 0.459. The van der Waals surface area contributed by atoms with Gasteiger partial charge in [0.1, 0.15) is 4.99 Å². The first kappa shape index (κ1) is 11.4. The predicted octanol–water partition coefficient (Wildman–Crippen LogP) is 2.92. The highest BCUT2D eigenvalue weighted by molar-refractivity contribution is 7.80. The second-order valence-electron chi connectivity index (χ2n) is 4.45. The lowest BCUT2D eigenvalue weighted by atomic mass is 10.2. The molecule has 1 aromatic carbocycles. The first-order valence-electron chi connectivity index (χ1n) is 5.89. The smallest absolute Gasteiger partial charge is 0.103 e. The molecule has 1 aliphatic carbocycles. The number of hydrogen-bond donors (Lipinski definition) is 2. The maximum Gasteiger partial charge on any atom is 0.103 e. The van der Waals surface area contributed by atoms with Crippen molar-refractivity contribution in [1.82, 2.24) is 0 Å². The summed E-state index contributed by atoms with van der Waals surface area (Å²) in [6.45, 7) is 1.06. The molecule has 0 aromatic heterocycles. The first-order valence-corrected chi connectivity index (χ1v) is 6.30. The molecule has 86 valence electrons. The van der Waals surface area contributed by atoms with E-state index in [2.05, 4.69) is 5.32 Å². The molecule has 0 radical (unpaired) electrons. The van der Waals surface area contributed by atoms with Gasteiger partial charge in [0.25, 0.3) is 0 Å². The molecule has 1 fully saturated rings. The van der Waals surface area contributed by atoms with Crippen molar-refractivity contribution in [3.05, 3.63) is 29.8 Å². The van der Waals surface area contributed by atoms with Gasteiger partial charge in [-0.1, -0.05) is 25.1 Å². The molecule has 0 saturated heterocycles. The van der Waals surface area contributed by atoms with E-state index in [4.69, 9.17) is 18.0 Å². The maximum atomic E-state index is 5.54. The molecule has 0 heterocycles. The largest absolute Gasteiger partial charge is 0.389 e. The number of nitrogens with two attached hydrogens (primary N) is 1. The molecular formula is C13H18N2S. The number of anilines is 1. The molecule has 3 heteroatoms. The van der Waals surface area contributed by atoms with E-state index in [9.17, 15) is 0 Å². The highest BCUT2D eigenvalue weighted by atomic mass is 32.1. The molecule has 0 spiro atoms. The Morgan fingerprint density at radius 1 is 1.31 bits per heavy atom. The molecule has 3 N–H and O–H groups in total. The van der Waals surface area contributed by atoms with Crippen LogP contribution in [0.25, 0.3) is 0 Å². The van der Waals surface area contributed by atoms with Crippen LogP contribution in [0.15, 0.2) is 24.3 Å². The van der Waals surface area contributed by atoms with Gasteiger partial charge in [0, 0.05) is 17.8 Å². The molecule has 0 unspecified atom stereocenters. The van der Waals surface area contributed by atoms with Crippen LogP contribution in [0.4, 0.5) is 5.69 Å². The topological polar surface area (TPSA) is 38.0 Å². The fourth-order valence-electron chi connectivity index (χ4n) is 1.78. The zero-order valence-electron chi connectivity index (χ0n) is 9.41. The third-order valence-electron chi connectivity index (χ3n) is 2.98. The number of rotatable bonds is 6. The van der Waals surface area contributed by atoms with Gasteiger partial charge in [-0.25, -0.2) is 0 Å². The third-order valence-corrected chi connectivity index (χ3v) is 3.22. The zero-order valence-corrected chi connectivity index (χ0v) is 10.2. The Morgan fingerprint density at radius 2 is 2.00 bits per heavy atom. The molecular weight excluding hydrogens is 216 g/mol. The Bertz CT molecular complexity index is 355. The normalized spacial score (nSPS) is 14.8. The SMILES string of the molecule is NC(=S)c1ccc(NCCCC2CC2)cc1. The van der Waals surface area contributed by atoms with Gasteiger partial charge in [0.05, 0.1) is 0 Å². The Balaban J connectivity index is 1.73. The summed E-state index contributed by atoms with van der Waals surface area (Å²) in [5.74, 6) is 1.03. The molecule has 1 aromatic rings. The lowest BCUT2D eigenvalue weighted by Gasteiger charge is -2.06. The summed E-state index contributed by atoms with van der Waals surface area (Å²) < 4.78 is 0. The Kier molecular flexibility index (Phi) is 3.78. The van der Waals surface area contributed by atoms with Crippen molar-refractivity contribution in [3.63, 3.8) is 0 Å². The molecule has 2 rings (SSSR count). The van der Waals surface area contributed by atoms with Crippen LogP contribution in [-0.2, 0) is 0 Å². The summed E-state index contributed by atoms with van der Waals surface area (Å²) in [6.07, 6.45) is 5.53. The number of nitrogens with one attached hydrogen (secondary N) is 1. The molecule has 1 aliphatic rings. The summed E-state index contributed by atoms with van der Waals surface area (Å²) in [5.41, 5.74) is 7.61. The number of thiocarbonyl (C=S) groups is 1. The van der Waals surface area contributed by atoms with Gasteiger partial charge in [-0.15, -0.1) is 0 Å². The standard InChI is InChI=1S/C13H18N2S/c14-13(16)11-5-7-12(8-6-11)15-9-1-2-10-3-4-10/h5-8,10,15H,1-4,9H2,(H2,14,16). The minimum atomic E-state index is 0.459. The highest BCUT2D eigenvalue weighted by Crippen LogP contribution is 2.33. The van der Waals surface area contributed by atoms with E-state index in [-0.39, 0.29) is 0 Å². The van der Waals surface area contributed by atoms with Crippen LogP contribution in [0.3, 0.4) is 0 Å². The summed E-state index contributed by atoms with van der Waals surface area (Å²) in [5, 5.41) is 3.41. The second kappa shape index (κ2) is 5.30. The maximum absolute atomic E-state index is 5.54. The van der Waals surface area contributed by atoms with E-state index in [1.54, 1.807) is 0 Å². The molecule has 1 saturated carbocycles. The van der Waals surface area contributed by atoms with Gasteiger partial charge in [-0.3, -0.25) is 0 Å². The lowest BCUT2D eigenvalue weighted by Crippen LogP contribution is -2.09. The number of benzene rings is 1. The molecule has 16 heavy (non-hydrogen) atoms. The van der Waals surface area contributed by atoms with Crippen LogP contribution in [0.1, 0.15) is 31.2 Å². The summed E-state index contributed by atoms with van der Waals surface area (Å²) in [7, 11) is 0. The molecule has 0 bridgehead atoms. The van der Waals surface area contributed by atoms with Crippen LogP contribution in [0.2, 0.25) is 0 Å². The first-order chi connectivity index (χ1) is 7.75. The molecule has 0 atom stereocenters. The summed E-state index contributed by atoms with van der Waals surface area (Å²) >= 11 is 4.90. The minimum absolute atomic E-state index is 0.459. The fourth-order valence-corrected chi connectivity index (χ4v) is 1.92. The Labute approximate surface area is 102 Å². The Morgan fingerprint density at radius 3 is 2.56 bits per heavy atom. The van der Waals surface area contributed by atoms with Crippen LogP contribution < -0.4 is 11.1 Å². The van der Waals surface area contributed by atoms with Gasteiger partial charge in [0.15, 0.2) is 0 Å². The third kappa shape index (κ3) is 3.49. The summed E-state index contributed by atoms with van der Waals surface area (Å²) in [6, 6.07) is 7.99. The van der Waals surface area contributed by atoms with E-state index >= 15 is 0 Å². The van der Waals surface area contributed by atoms with Crippen molar-refractivity contribution in [3.8, 4) is 0 Å². The van der Waals surface area contributed by atoms with Gasteiger partial charge in [-0.05, 0) is 43.0 Å². The van der Waals surface area contributed by atoms with E-state index in [1.165, 1.54) is 25.7 Å². The van der Waals surface area contributed by atoms with Crippen molar-refractivity contribution in [1.29, 1.82) is 0 Å².